The number of ether oxygens (including phenoxy) is 2. The van der Waals surface area contributed by atoms with E-state index in [1.807, 2.05) is 13.8 Å². The van der Waals surface area contributed by atoms with Crippen molar-refractivity contribution in [1.29, 1.82) is 0 Å². The maximum atomic E-state index is 12.6. The minimum absolute atomic E-state index is 0.0823. The minimum Gasteiger partial charge on any atom is -0.495 e. The molecular weight excluding hydrogens is 360 g/mol. The normalized spacial score (nSPS) is 15.2. The Morgan fingerprint density at radius 1 is 1.19 bits per heavy atom. The van der Waals surface area contributed by atoms with E-state index in [2.05, 4.69) is 4.72 Å². The molecule has 2 rings (SSSR count). The standard InChI is InChI=1S/C17H24N2O6S/c1-12(2)25-10-4-9-18-26(22,23)15-11-13(5-6-14(15)24-3)19-16(20)7-8-17(19)21/h5-6,11-12,18H,4,7-10H2,1-3H3. The zero-order valence-corrected chi connectivity index (χ0v) is 16.0. The van der Waals surface area contributed by atoms with Gasteiger partial charge in [0.05, 0.1) is 18.9 Å². The average Bonchev–Trinajstić information content (AvgIpc) is 2.92. The van der Waals surface area contributed by atoms with Crippen LogP contribution in [0.15, 0.2) is 23.1 Å². The van der Waals surface area contributed by atoms with E-state index in [0.717, 1.165) is 4.90 Å². The SMILES string of the molecule is COc1ccc(N2C(=O)CCC2=O)cc1S(=O)(=O)NCCCOC(C)C. The third-order valence-corrected chi connectivity index (χ3v) is 5.29. The third kappa shape index (κ3) is 4.80. The number of methoxy groups -OCH3 is 1. The highest BCUT2D eigenvalue weighted by Gasteiger charge is 2.31. The molecule has 1 N–H and O–H groups in total. The van der Waals surface area contributed by atoms with Gasteiger partial charge in [0.25, 0.3) is 0 Å². The topological polar surface area (TPSA) is 102 Å². The molecule has 1 aromatic carbocycles. The van der Waals surface area contributed by atoms with Gasteiger partial charge in [-0.2, -0.15) is 0 Å². The molecule has 1 aliphatic heterocycles. The van der Waals surface area contributed by atoms with Crippen molar-refractivity contribution < 1.29 is 27.5 Å². The minimum atomic E-state index is -3.87. The van der Waals surface area contributed by atoms with Gasteiger partial charge >= 0.3 is 0 Å². The summed E-state index contributed by atoms with van der Waals surface area (Å²) in [5.41, 5.74) is 0.224. The summed E-state index contributed by atoms with van der Waals surface area (Å²) in [6.07, 6.45) is 0.851. The van der Waals surface area contributed by atoms with Crippen LogP contribution in [0.25, 0.3) is 0 Å². The maximum Gasteiger partial charge on any atom is 0.244 e. The number of benzene rings is 1. The van der Waals surface area contributed by atoms with E-state index in [4.69, 9.17) is 9.47 Å². The number of sulfonamides is 1. The van der Waals surface area contributed by atoms with Crippen LogP contribution < -0.4 is 14.4 Å². The fourth-order valence-electron chi connectivity index (χ4n) is 2.55. The molecule has 1 fully saturated rings. The quantitative estimate of drug-likeness (QED) is 0.511. The first-order chi connectivity index (χ1) is 12.3. The van der Waals surface area contributed by atoms with Crippen LogP contribution in [0.3, 0.4) is 0 Å². The molecule has 144 valence electrons. The van der Waals surface area contributed by atoms with Crippen molar-refractivity contribution in [1.82, 2.24) is 4.72 Å². The molecule has 2 amide bonds. The molecule has 0 bridgehead atoms. The number of anilines is 1. The van der Waals surface area contributed by atoms with Crippen LogP contribution in [-0.2, 0) is 24.3 Å². The van der Waals surface area contributed by atoms with E-state index < -0.39 is 10.0 Å². The van der Waals surface area contributed by atoms with Crippen molar-refractivity contribution in [2.75, 3.05) is 25.2 Å². The second-order valence-corrected chi connectivity index (χ2v) is 7.86. The van der Waals surface area contributed by atoms with Gasteiger partial charge < -0.3 is 9.47 Å². The molecule has 8 nitrogen and oxygen atoms in total. The lowest BCUT2D eigenvalue weighted by Gasteiger charge is -2.17. The molecule has 9 heteroatoms. The first-order valence-corrected chi connectivity index (χ1v) is 9.89. The fraction of sp³-hybridized carbons (Fsp3) is 0.529. The van der Waals surface area contributed by atoms with Crippen LogP contribution in [0.4, 0.5) is 5.69 Å². The Balaban J connectivity index is 2.19. The molecule has 0 aliphatic carbocycles. The number of carbonyl (C=O) groups is 2. The number of amides is 2. The van der Waals surface area contributed by atoms with Crippen molar-refractivity contribution in [3.63, 3.8) is 0 Å². The molecule has 0 aromatic heterocycles. The number of hydrogen-bond donors (Lipinski definition) is 1. The summed E-state index contributed by atoms with van der Waals surface area (Å²) in [7, 11) is -2.51. The highest BCUT2D eigenvalue weighted by atomic mass is 32.2. The Labute approximate surface area is 153 Å². The molecule has 0 radical (unpaired) electrons. The summed E-state index contributed by atoms with van der Waals surface area (Å²) in [4.78, 5) is 24.7. The lowest BCUT2D eigenvalue weighted by atomic mass is 10.2. The zero-order chi connectivity index (χ0) is 19.3. The van der Waals surface area contributed by atoms with E-state index >= 15 is 0 Å². The van der Waals surface area contributed by atoms with E-state index in [-0.39, 0.29) is 53.6 Å². The largest absolute Gasteiger partial charge is 0.495 e. The van der Waals surface area contributed by atoms with Crippen LogP contribution in [0.1, 0.15) is 33.1 Å². The Morgan fingerprint density at radius 2 is 1.85 bits per heavy atom. The van der Waals surface area contributed by atoms with Gasteiger partial charge in [-0.1, -0.05) is 0 Å². The van der Waals surface area contributed by atoms with Gasteiger partial charge in [0.15, 0.2) is 0 Å². The van der Waals surface area contributed by atoms with Gasteiger partial charge in [0.1, 0.15) is 10.6 Å². The molecule has 0 atom stereocenters. The molecule has 0 unspecified atom stereocenters. The van der Waals surface area contributed by atoms with Crippen LogP contribution in [0, 0.1) is 0 Å². The Hall–Kier alpha value is -1.97. The molecular formula is C17H24N2O6S. The number of rotatable bonds is 9. The monoisotopic (exact) mass is 384 g/mol. The van der Waals surface area contributed by atoms with Crippen LogP contribution >= 0.6 is 0 Å². The molecule has 0 saturated carbocycles. The van der Waals surface area contributed by atoms with Gasteiger partial charge in [-0.25, -0.2) is 13.1 Å². The number of nitrogens with one attached hydrogen (secondary N) is 1. The van der Waals surface area contributed by atoms with Gasteiger partial charge in [-0.3, -0.25) is 14.5 Å². The summed E-state index contributed by atoms with van der Waals surface area (Å²) in [5, 5.41) is 0. The second kappa shape index (κ2) is 8.61. The highest BCUT2D eigenvalue weighted by Crippen LogP contribution is 2.31. The lowest BCUT2D eigenvalue weighted by molar-refractivity contribution is -0.121. The van der Waals surface area contributed by atoms with E-state index in [1.54, 1.807) is 0 Å². The van der Waals surface area contributed by atoms with Crippen LogP contribution in [0.5, 0.6) is 5.75 Å². The van der Waals surface area contributed by atoms with Gasteiger partial charge in [0.2, 0.25) is 21.8 Å². The Kier molecular flexibility index (Phi) is 6.74. The Bertz CT molecular complexity index is 759. The Morgan fingerprint density at radius 3 is 2.42 bits per heavy atom. The summed E-state index contributed by atoms with van der Waals surface area (Å²) in [6.45, 7) is 4.45. The van der Waals surface area contributed by atoms with Crippen molar-refractivity contribution in [3.8, 4) is 5.75 Å². The van der Waals surface area contributed by atoms with Gasteiger partial charge in [-0.15, -0.1) is 0 Å². The van der Waals surface area contributed by atoms with Crippen molar-refractivity contribution >= 4 is 27.5 Å². The lowest BCUT2D eigenvalue weighted by Crippen LogP contribution is -2.30. The van der Waals surface area contributed by atoms with Gasteiger partial charge in [0, 0.05) is 26.0 Å². The molecule has 26 heavy (non-hydrogen) atoms. The summed E-state index contributed by atoms with van der Waals surface area (Å²) < 4.78 is 38.2. The third-order valence-electron chi connectivity index (χ3n) is 3.81. The van der Waals surface area contributed by atoms with E-state index in [1.165, 1.54) is 25.3 Å². The number of nitrogens with zero attached hydrogens (tertiary/aromatic N) is 1. The van der Waals surface area contributed by atoms with E-state index in [0.29, 0.717) is 13.0 Å². The fourth-order valence-corrected chi connectivity index (χ4v) is 3.82. The predicted molar refractivity (Wildman–Crippen MR) is 95.6 cm³/mol. The molecule has 0 spiro atoms. The number of carbonyl (C=O) groups excluding carboxylic acids is 2. The zero-order valence-electron chi connectivity index (χ0n) is 15.1. The highest BCUT2D eigenvalue weighted by molar-refractivity contribution is 7.89. The molecule has 1 saturated heterocycles. The van der Waals surface area contributed by atoms with Gasteiger partial charge in [-0.05, 0) is 38.5 Å². The summed E-state index contributed by atoms with van der Waals surface area (Å²) >= 11 is 0. The van der Waals surface area contributed by atoms with Crippen LogP contribution in [-0.4, -0.2) is 46.6 Å². The second-order valence-electron chi connectivity index (χ2n) is 6.13. The van der Waals surface area contributed by atoms with Crippen molar-refractivity contribution in [3.05, 3.63) is 18.2 Å². The van der Waals surface area contributed by atoms with Crippen molar-refractivity contribution in [2.45, 2.75) is 44.1 Å². The predicted octanol–water partition coefficient (Wildman–Crippen LogP) is 1.44. The smallest absolute Gasteiger partial charge is 0.244 e. The first-order valence-electron chi connectivity index (χ1n) is 8.41. The number of imide groups is 1. The van der Waals surface area contributed by atoms with E-state index in [9.17, 15) is 18.0 Å². The molecule has 1 aromatic rings. The van der Waals surface area contributed by atoms with Crippen LogP contribution in [0.2, 0.25) is 0 Å². The first kappa shape index (κ1) is 20.3. The summed E-state index contributed by atoms with van der Waals surface area (Å²) in [6, 6.07) is 4.22. The van der Waals surface area contributed by atoms with Crippen molar-refractivity contribution in [2.24, 2.45) is 0 Å². The molecule has 1 aliphatic rings. The summed E-state index contributed by atoms with van der Waals surface area (Å²) in [5.74, 6) is -0.552. The average molecular weight is 384 g/mol. The molecule has 1 heterocycles. The number of hydrogen-bond acceptors (Lipinski definition) is 6. The maximum absolute atomic E-state index is 12.6.